The molecule has 1 heterocycles. The fraction of sp³-hybridized carbons (Fsp3) is 0.318. The van der Waals surface area contributed by atoms with Crippen LogP contribution in [0.2, 0.25) is 0 Å². The van der Waals surface area contributed by atoms with E-state index in [9.17, 15) is 14.3 Å². The van der Waals surface area contributed by atoms with Gasteiger partial charge in [-0.05, 0) is 61.2 Å². The molecule has 0 aliphatic carbocycles. The summed E-state index contributed by atoms with van der Waals surface area (Å²) < 4.78 is 18.6. The molecule has 0 radical (unpaired) electrons. The number of nitrogens with zero attached hydrogens (tertiary/aromatic N) is 1. The zero-order valence-corrected chi connectivity index (χ0v) is 15.2. The predicted octanol–water partition coefficient (Wildman–Crippen LogP) is 3.08. The van der Waals surface area contributed by atoms with E-state index in [0.717, 1.165) is 24.9 Å². The largest absolute Gasteiger partial charge is 0.494 e. The van der Waals surface area contributed by atoms with Crippen molar-refractivity contribution >= 4 is 5.91 Å². The van der Waals surface area contributed by atoms with Crippen molar-refractivity contribution in [1.29, 1.82) is 0 Å². The molecule has 0 unspecified atom stereocenters. The summed E-state index contributed by atoms with van der Waals surface area (Å²) in [5.74, 6) is 5.76. The number of hydrogen-bond donors (Lipinski definition) is 1. The first-order chi connectivity index (χ1) is 13.1. The Bertz CT molecular complexity index is 867. The molecule has 1 fully saturated rings. The van der Waals surface area contributed by atoms with Crippen molar-refractivity contribution in [3.63, 3.8) is 0 Å². The van der Waals surface area contributed by atoms with E-state index in [1.54, 1.807) is 41.3 Å². The molecule has 0 saturated carbocycles. The van der Waals surface area contributed by atoms with E-state index in [0.29, 0.717) is 17.7 Å². The minimum atomic E-state index is -0.451. The summed E-state index contributed by atoms with van der Waals surface area (Å²) in [6.07, 6.45) is 1.87. The van der Waals surface area contributed by atoms with Gasteiger partial charge in [0.05, 0.1) is 7.11 Å². The molecule has 1 atom stereocenters. The van der Waals surface area contributed by atoms with Crippen molar-refractivity contribution in [1.82, 2.24) is 4.90 Å². The Labute approximate surface area is 158 Å². The first-order valence-corrected chi connectivity index (χ1v) is 8.96. The maximum Gasteiger partial charge on any atom is 0.253 e. The van der Waals surface area contributed by atoms with Crippen molar-refractivity contribution < 1.29 is 19.0 Å². The van der Waals surface area contributed by atoms with E-state index in [1.165, 1.54) is 13.2 Å². The van der Waals surface area contributed by atoms with Crippen molar-refractivity contribution in [2.45, 2.75) is 12.8 Å². The Morgan fingerprint density at radius 2 is 1.93 bits per heavy atom. The summed E-state index contributed by atoms with van der Waals surface area (Å²) in [5.41, 5.74) is 1.90. The normalized spacial score (nSPS) is 16.4. The molecule has 1 N–H and O–H groups in total. The highest BCUT2D eigenvalue weighted by Gasteiger charge is 2.23. The maximum absolute atomic E-state index is 13.7. The van der Waals surface area contributed by atoms with Crippen LogP contribution in [0.1, 0.15) is 34.3 Å². The first-order valence-electron chi connectivity index (χ1n) is 8.96. The molecule has 5 heteroatoms. The minimum absolute atomic E-state index is 0.0233. The number of aliphatic hydroxyl groups excluding tert-OH is 1. The van der Waals surface area contributed by atoms with Crippen molar-refractivity contribution in [3.05, 3.63) is 65.0 Å². The Balaban J connectivity index is 1.69. The van der Waals surface area contributed by atoms with Crippen LogP contribution < -0.4 is 4.74 Å². The highest BCUT2D eigenvalue weighted by molar-refractivity contribution is 5.94. The van der Waals surface area contributed by atoms with E-state index in [4.69, 9.17) is 4.74 Å². The number of carbonyl (C=O) groups excluding carboxylic acids is 1. The van der Waals surface area contributed by atoms with Gasteiger partial charge in [0.25, 0.3) is 5.91 Å². The van der Waals surface area contributed by atoms with Gasteiger partial charge in [-0.3, -0.25) is 4.79 Å². The lowest BCUT2D eigenvalue weighted by atomic mass is 9.98. The molecule has 4 nitrogen and oxygen atoms in total. The molecular weight excluding hydrogens is 345 g/mol. The van der Waals surface area contributed by atoms with Crippen LogP contribution in [0.25, 0.3) is 0 Å². The van der Waals surface area contributed by atoms with E-state index in [-0.39, 0.29) is 24.2 Å². The van der Waals surface area contributed by atoms with Crippen molar-refractivity contribution in [2.24, 2.45) is 5.92 Å². The highest BCUT2D eigenvalue weighted by atomic mass is 19.1. The standard InChI is InChI=1S/C22H22FNO3/c1-27-21-11-8-17(13-20(21)23)5-4-16-6-9-19(10-7-16)22(26)24-12-2-3-18(14-24)15-25/h6-11,13,18,25H,2-3,12,14-15H2,1H3/t18-/m1/s1. The Morgan fingerprint density at radius 3 is 2.59 bits per heavy atom. The summed E-state index contributed by atoms with van der Waals surface area (Å²) in [6, 6.07) is 11.6. The van der Waals surface area contributed by atoms with Crippen LogP contribution in [0.4, 0.5) is 4.39 Å². The molecule has 3 rings (SSSR count). The summed E-state index contributed by atoms with van der Waals surface area (Å²) >= 11 is 0. The van der Waals surface area contributed by atoms with Crippen LogP contribution in [0.15, 0.2) is 42.5 Å². The van der Waals surface area contributed by atoms with Crippen LogP contribution in [0, 0.1) is 23.6 Å². The molecule has 2 aromatic rings. The van der Waals surface area contributed by atoms with Gasteiger partial charge in [0, 0.05) is 36.4 Å². The van der Waals surface area contributed by atoms with E-state index in [1.807, 2.05) is 0 Å². The van der Waals surface area contributed by atoms with E-state index >= 15 is 0 Å². The lowest BCUT2D eigenvalue weighted by Crippen LogP contribution is -2.40. The average molecular weight is 367 g/mol. The number of amides is 1. The van der Waals surface area contributed by atoms with Gasteiger partial charge in [0.1, 0.15) is 0 Å². The molecule has 27 heavy (non-hydrogen) atoms. The number of aliphatic hydroxyl groups is 1. The topological polar surface area (TPSA) is 49.8 Å². The Hall–Kier alpha value is -2.84. The van der Waals surface area contributed by atoms with Crippen LogP contribution in [0.3, 0.4) is 0 Å². The van der Waals surface area contributed by atoms with Gasteiger partial charge < -0.3 is 14.7 Å². The first kappa shape index (κ1) is 18.9. The summed E-state index contributed by atoms with van der Waals surface area (Å²) in [4.78, 5) is 14.4. The quantitative estimate of drug-likeness (QED) is 0.849. The van der Waals surface area contributed by atoms with Gasteiger partial charge in [0.2, 0.25) is 0 Å². The fourth-order valence-corrected chi connectivity index (χ4v) is 3.17. The van der Waals surface area contributed by atoms with Gasteiger partial charge >= 0.3 is 0 Å². The molecule has 1 saturated heterocycles. The lowest BCUT2D eigenvalue weighted by Gasteiger charge is -2.31. The van der Waals surface area contributed by atoms with Gasteiger partial charge in [-0.15, -0.1) is 0 Å². The number of methoxy groups -OCH3 is 1. The number of likely N-dealkylation sites (tertiary alicyclic amines) is 1. The minimum Gasteiger partial charge on any atom is -0.494 e. The average Bonchev–Trinajstić information content (AvgIpc) is 2.72. The molecule has 0 aromatic heterocycles. The number of rotatable bonds is 3. The van der Waals surface area contributed by atoms with Gasteiger partial charge in [-0.25, -0.2) is 4.39 Å². The number of piperidine rings is 1. The van der Waals surface area contributed by atoms with Gasteiger partial charge in [-0.1, -0.05) is 11.8 Å². The molecular formula is C22H22FNO3. The zero-order chi connectivity index (χ0) is 19.2. The Kier molecular flexibility index (Phi) is 6.10. The van der Waals surface area contributed by atoms with E-state index in [2.05, 4.69) is 11.8 Å². The molecule has 1 aliphatic heterocycles. The monoisotopic (exact) mass is 367 g/mol. The number of halogens is 1. The molecule has 0 bridgehead atoms. The third-order valence-corrected chi connectivity index (χ3v) is 4.70. The Morgan fingerprint density at radius 1 is 1.22 bits per heavy atom. The smallest absolute Gasteiger partial charge is 0.253 e. The molecule has 0 spiro atoms. The van der Waals surface area contributed by atoms with Crippen molar-refractivity contribution in [2.75, 3.05) is 26.8 Å². The summed E-state index contributed by atoms with van der Waals surface area (Å²) in [6.45, 7) is 1.43. The highest BCUT2D eigenvalue weighted by Crippen LogP contribution is 2.19. The number of carbonyl (C=O) groups is 1. The molecule has 2 aromatic carbocycles. The maximum atomic E-state index is 13.7. The molecule has 1 aliphatic rings. The zero-order valence-electron chi connectivity index (χ0n) is 15.2. The third kappa shape index (κ3) is 4.66. The SMILES string of the molecule is COc1ccc(C#Cc2ccc(C(=O)N3CCC[C@@H](CO)C3)cc2)cc1F. The van der Waals surface area contributed by atoms with Crippen LogP contribution in [0.5, 0.6) is 5.75 Å². The molecule has 1 amide bonds. The summed E-state index contributed by atoms with van der Waals surface area (Å²) in [5, 5.41) is 9.31. The second kappa shape index (κ2) is 8.70. The number of ether oxygens (including phenoxy) is 1. The van der Waals surface area contributed by atoms with E-state index < -0.39 is 5.82 Å². The number of benzene rings is 2. The van der Waals surface area contributed by atoms with Gasteiger partial charge in [-0.2, -0.15) is 0 Å². The van der Waals surface area contributed by atoms with Crippen molar-refractivity contribution in [3.8, 4) is 17.6 Å². The fourth-order valence-electron chi connectivity index (χ4n) is 3.17. The second-order valence-electron chi connectivity index (χ2n) is 6.62. The third-order valence-electron chi connectivity index (χ3n) is 4.70. The lowest BCUT2D eigenvalue weighted by molar-refractivity contribution is 0.0620. The molecule has 140 valence electrons. The predicted molar refractivity (Wildman–Crippen MR) is 101 cm³/mol. The summed E-state index contributed by atoms with van der Waals surface area (Å²) in [7, 11) is 1.42. The second-order valence-corrected chi connectivity index (χ2v) is 6.62. The number of hydrogen-bond acceptors (Lipinski definition) is 3. The van der Waals surface area contributed by atoms with Gasteiger partial charge in [0.15, 0.2) is 11.6 Å². The van der Waals surface area contributed by atoms with Crippen LogP contribution in [-0.4, -0.2) is 42.7 Å². The van der Waals surface area contributed by atoms with Crippen LogP contribution >= 0.6 is 0 Å². The van der Waals surface area contributed by atoms with Crippen LogP contribution in [-0.2, 0) is 0 Å².